The van der Waals surface area contributed by atoms with Crippen molar-refractivity contribution in [2.24, 2.45) is 0 Å². The molecule has 0 aliphatic carbocycles. The van der Waals surface area contributed by atoms with Gasteiger partial charge in [-0.3, -0.25) is 0 Å². The molecule has 0 amide bonds. The lowest BCUT2D eigenvalue weighted by atomic mass is 10.2. The quantitative estimate of drug-likeness (QED) is 0.425. The van der Waals surface area contributed by atoms with E-state index >= 15 is 0 Å². The van der Waals surface area contributed by atoms with E-state index in [-0.39, 0.29) is 0 Å². The lowest BCUT2D eigenvalue weighted by Gasteiger charge is -2.11. The van der Waals surface area contributed by atoms with Crippen molar-refractivity contribution in [3.63, 3.8) is 0 Å². The molecule has 0 bridgehead atoms. The van der Waals surface area contributed by atoms with Gasteiger partial charge in [0.2, 0.25) is 0 Å². The largest absolute Gasteiger partial charge is 0.493 e. The molecule has 0 heterocycles. The highest BCUT2D eigenvalue weighted by Crippen LogP contribution is 2.25. The number of benzene rings is 1. The second kappa shape index (κ2) is 12.1. The standard InChI is InChI=1S/C20H30O2/c1-4-7-9-11-15-21-19-13-14-20(18(6-3)17-19)22-16-12-10-8-5-2/h3,6,14,17H,4-5,7-12,15-16H2,1-2H3. The highest BCUT2D eigenvalue weighted by Gasteiger charge is 2.04. The van der Waals surface area contributed by atoms with E-state index in [0.717, 1.165) is 43.1 Å². The molecule has 1 aromatic rings. The van der Waals surface area contributed by atoms with E-state index in [2.05, 4.69) is 19.9 Å². The van der Waals surface area contributed by atoms with Gasteiger partial charge in [0.05, 0.1) is 13.2 Å². The van der Waals surface area contributed by atoms with Gasteiger partial charge in [-0.05, 0) is 25.0 Å². The number of hydrogen-bond acceptors (Lipinski definition) is 2. The summed E-state index contributed by atoms with van der Waals surface area (Å²) in [5, 5.41) is 0. The van der Waals surface area contributed by atoms with Crippen molar-refractivity contribution < 1.29 is 9.47 Å². The molecular weight excluding hydrogens is 272 g/mol. The van der Waals surface area contributed by atoms with Crippen LogP contribution in [0.5, 0.6) is 11.5 Å². The van der Waals surface area contributed by atoms with Crippen molar-refractivity contribution in [1.29, 1.82) is 0 Å². The van der Waals surface area contributed by atoms with Gasteiger partial charge in [-0.15, -0.1) is 0 Å². The van der Waals surface area contributed by atoms with Gasteiger partial charge in [0, 0.05) is 11.6 Å². The van der Waals surface area contributed by atoms with Crippen molar-refractivity contribution in [1.82, 2.24) is 0 Å². The van der Waals surface area contributed by atoms with Crippen molar-refractivity contribution in [3.05, 3.63) is 30.3 Å². The fraction of sp³-hybridized carbons (Fsp3) is 0.600. The van der Waals surface area contributed by atoms with Crippen molar-refractivity contribution in [2.75, 3.05) is 13.2 Å². The third-order valence-electron chi connectivity index (χ3n) is 3.61. The first-order valence-electron chi connectivity index (χ1n) is 8.68. The second-order valence-corrected chi connectivity index (χ2v) is 5.60. The molecule has 0 saturated carbocycles. The van der Waals surface area contributed by atoms with E-state index in [9.17, 15) is 0 Å². The van der Waals surface area contributed by atoms with E-state index < -0.39 is 0 Å². The highest BCUT2D eigenvalue weighted by molar-refractivity contribution is 5.57. The molecule has 0 aliphatic rings. The summed E-state index contributed by atoms with van der Waals surface area (Å²) >= 11 is 0. The van der Waals surface area contributed by atoms with Gasteiger partial charge >= 0.3 is 0 Å². The van der Waals surface area contributed by atoms with Crippen LogP contribution < -0.4 is 9.47 Å². The Bertz CT molecular complexity index is 412. The molecule has 1 rings (SSSR count). The van der Waals surface area contributed by atoms with Crippen LogP contribution in [0, 0.1) is 12.6 Å². The van der Waals surface area contributed by atoms with E-state index in [1.54, 1.807) is 6.08 Å². The summed E-state index contributed by atoms with van der Waals surface area (Å²) in [6, 6.07) is 6.87. The fourth-order valence-corrected chi connectivity index (χ4v) is 2.23. The molecule has 2 heteroatoms. The van der Waals surface area contributed by atoms with Crippen molar-refractivity contribution in [2.45, 2.75) is 65.2 Å². The Labute approximate surface area is 136 Å². The Morgan fingerprint density at radius 1 is 0.955 bits per heavy atom. The monoisotopic (exact) mass is 302 g/mol. The van der Waals surface area contributed by atoms with E-state index in [1.807, 2.05) is 12.1 Å². The van der Waals surface area contributed by atoms with Crippen LogP contribution in [0.2, 0.25) is 0 Å². The Hall–Kier alpha value is -1.44. The average Bonchev–Trinajstić information content (AvgIpc) is 2.55. The minimum absolute atomic E-state index is 0.728. The topological polar surface area (TPSA) is 18.5 Å². The van der Waals surface area contributed by atoms with Gasteiger partial charge in [-0.2, -0.15) is 0 Å². The summed E-state index contributed by atoms with van der Waals surface area (Å²) in [4.78, 5) is 0. The number of unbranched alkanes of at least 4 members (excludes halogenated alkanes) is 6. The van der Waals surface area contributed by atoms with Gasteiger partial charge < -0.3 is 9.47 Å². The number of hydrogen-bond donors (Lipinski definition) is 0. The van der Waals surface area contributed by atoms with Crippen LogP contribution in [0.3, 0.4) is 0 Å². The molecule has 0 aromatic heterocycles. The fourth-order valence-electron chi connectivity index (χ4n) is 2.23. The Balaban J connectivity index is 2.39. The van der Waals surface area contributed by atoms with Crippen LogP contribution in [0.25, 0.3) is 6.08 Å². The normalized spacial score (nSPS) is 10.5. The Morgan fingerprint density at radius 3 is 2.18 bits per heavy atom. The second-order valence-electron chi connectivity index (χ2n) is 5.60. The molecular formula is C20H30O2. The van der Waals surface area contributed by atoms with E-state index in [4.69, 9.17) is 16.1 Å². The smallest absolute Gasteiger partial charge is 0.128 e. The van der Waals surface area contributed by atoms with Crippen LogP contribution in [-0.4, -0.2) is 13.2 Å². The maximum absolute atomic E-state index is 5.79. The predicted molar refractivity (Wildman–Crippen MR) is 93.3 cm³/mol. The van der Waals surface area contributed by atoms with Crippen LogP contribution in [0.4, 0.5) is 0 Å². The first kappa shape index (κ1) is 18.6. The van der Waals surface area contributed by atoms with E-state index in [1.165, 1.54) is 38.5 Å². The van der Waals surface area contributed by atoms with Crippen LogP contribution >= 0.6 is 0 Å². The molecule has 122 valence electrons. The summed E-state index contributed by atoms with van der Waals surface area (Å²) in [7, 11) is 0. The number of ether oxygens (including phenoxy) is 2. The third kappa shape index (κ3) is 7.53. The summed E-state index contributed by atoms with van der Waals surface area (Å²) in [6.45, 7) is 11.6. The van der Waals surface area contributed by atoms with Gasteiger partial charge in [0.1, 0.15) is 11.5 Å². The van der Waals surface area contributed by atoms with E-state index in [0.29, 0.717) is 0 Å². The Kier molecular flexibility index (Phi) is 10.3. The minimum atomic E-state index is 0.728. The summed E-state index contributed by atoms with van der Waals surface area (Å²) in [5.74, 6) is 1.53. The van der Waals surface area contributed by atoms with Crippen LogP contribution in [0.15, 0.2) is 12.1 Å². The molecule has 0 unspecified atom stereocenters. The molecule has 1 aromatic carbocycles. The average molecular weight is 302 g/mol. The predicted octanol–water partition coefficient (Wildman–Crippen LogP) is 5.85. The molecule has 2 radical (unpaired) electrons. The maximum Gasteiger partial charge on any atom is 0.128 e. The molecule has 0 aliphatic heterocycles. The van der Waals surface area contributed by atoms with Crippen LogP contribution in [0.1, 0.15) is 70.8 Å². The molecule has 0 fully saturated rings. The lowest BCUT2D eigenvalue weighted by Crippen LogP contribution is -2.01. The third-order valence-corrected chi connectivity index (χ3v) is 3.61. The lowest BCUT2D eigenvalue weighted by molar-refractivity contribution is 0.296. The molecule has 22 heavy (non-hydrogen) atoms. The molecule has 2 nitrogen and oxygen atoms in total. The summed E-state index contributed by atoms with van der Waals surface area (Å²) in [6.07, 6.45) is 11.1. The SMILES string of the molecule is [CH]=Cc1cc(OCCCCCC)[c]cc1OCCCCCC. The van der Waals surface area contributed by atoms with Crippen molar-refractivity contribution in [3.8, 4) is 11.5 Å². The van der Waals surface area contributed by atoms with Gasteiger partial charge in [-0.25, -0.2) is 0 Å². The van der Waals surface area contributed by atoms with Gasteiger partial charge in [0.15, 0.2) is 0 Å². The summed E-state index contributed by atoms with van der Waals surface area (Å²) < 4.78 is 11.5. The minimum Gasteiger partial charge on any atom is -0.493 e. The van der Waals surface area contributed by atoms with Gasteiger partial charge in [0.25, 0.3) is 0 Å². The first-order chi connectivity index (χ1) is 10.8. The zero-order valence-corrected chi connectivity index (χ0v) is 14.2. The summed E-state index contributed by atoms with van der Waals surface area (Å²) in [5.41, 5.74) is 0.873. The Morgan fingerprint density at radius 2 is 1.59 bits per heavy atom. The zero-order chi connectivity index (χ0) is 16.0. The first-order valence-corrected chi connectivity index (χ1v) is 8.68. The zero-order valence-electron chi connectivity index (χ0n) is 14.2. The molecule has 0 N–H and O–H groups in total. The van der Waals surface area contributed by atoms with Gasteiger partial charge in [-0.1, -0.05) is 65.0 Å². The number of rotatable bonds is 13. The van der Waals surface area contributed by atoms with Crippen LogP contribution in [-0.2, 0) is 0 Å². The molecule has 0 atom stereocenters. The molecule has 0 saturated heterocycles. The molecule has 0 spiro atoms. The highest BCUT2D eigenvalue weighted by atomic mass is 16.5. The van der Waals surface area contributed by atoms with Crippen molar-refractivity contribution >= 4 is 6.08 Å². The maximum atomic E-state index is 5.79.